The van der Waals surface area contributed by atoms with Crippen LogP contribution in [0.4, 0.5) is 4.79 Å². The average molecular weight is 446 g/mol. The van der Waals surface area contributed by atoms with Crippen LogP contribution in [0.1, 0.15) is 33.6 Å². The van der Waals surface area contributed by atoms with Crippen molar-refractivity contribution in [2.75, 3.05) is 19.7 Å². The van der Waals surface area contributed by atoms with Crippen molar-refractivity contribution in [2.45, 2.75) is 39.2 Å². The van der Waals surface area contributed by atoms with Gasteiger partial charge in [-0.2, -0.15) is 4.98 Å². The summed E-state index contributed by atoms with van der Waals surface area (Å²) in [5, 5.41) is 0.310. The highest BCUT2D eigenvalue weighted by molar-refractivity contribution is 9.10. The van der Waals surface area contributed by atoms with Crippen molar-refractivity contribution in [3.05, 3.63) is 22.3 Å². The third-order valence-corrected chi connectivity index (χ3v) is 5.31. The number of halogens is 2. The summed E-state index contributed by atoms with van der Waals surface area (Å²) >= 11 is 9.53. The zero-order chi connectivity index (χ0) is 18.9. The molecule has 26 heavy (non-hydrogen) atoms. The van der Waals surface area contributed by atoms with Crippen LogP contribution in [0, 0.1) is 5.92 Å². The number of ether oxygens (including phenoxy) is 2. The molecular formula is C17H22BrClN4O3. The predicted octanol–water partition coefficient (Wildman–Crippen LogP) is 4.17. The summed E-state index contributed by atoms with van der Waals surface area (Å²) in [5.74, 6) is 0.647. The molecule has 1 saturated heterocycles. The third kappa shape index (κ3) is 4.40. The number of hydrogen-bond donors (Lipinski definition) is 0. The fraction of sp³-hybridized carbons (Fsp3) is 0.588. The minimum absolute atomic E-state index is 0.212. The molecule has 0 radical (unpaired) electrons. The number of imidazole rings is 1. The van der Waals surface area contributed by atoms with E-state index in [1.54, 1.807) is 21.8 Å². The number of rotatable bonds is 3. The summed E-state index contributed by atoms with van der Waals surface area (Å²) in [6.45, 7) is 7.38. The molecule has 2 aromatic rings. The Bertz CT molecular complexity index is 805. The van der Waals surface area contributed by atoms with Gasteiger partial charge in [-0.25, -0.2) is 9.78 Å². The molecule has 0 N–H and O–H groups in total. The van der Waals surface area contributed by atoms with Crippen LogP contribution in [0.3, 0.4) is 0 Å². The fourth-order valence-electron chi connectivity index (χ4n) is 2.90. The molecule has 1 aliphatic rings. The Hall–Kier alpha value is -1.54. The Morgan fingerprint density at radius 1 is 1.46 bits per heavy atom. The Labute approximate surface area is 165 Å². The Kier molecular flexibility index (Phi) is 5.62. The molecule has 1 atom stereocenters. The molecule has 3 rings (SSSR count). The van der Waals surface area contributed by atoms with Gasteiger partial charge >= 0.3 is 6.09 Å². The van der Waals surface area contributed by atoms with Gasteiger partial charge in [0.15, 0.2) is 5.15 Å². The Morgan fingerprint density at radius 3 is 2.96 bits per heavy atom. The maximum atomic E-state index is 12.3. The van der Waals surface area contributed by atoms with Gasteiger partial charge in [-0.1, -0.05) is 11.6 Å². The first kappa shape index (κ1) is 19.2. The molecule has 2 aromatic heterocycles. The Balaban J connectivity index is 1.64. The van der Waals surface area contributed by atoms with Crippen molar-refractivity contribution in [3.63, 3.8) is 0 Å². The van der Waals surface area contributed by atoms with Gasteiger partial charge in [-0.05, 0) is 49.5 Å². The van der Waals surface area contributed by atoms with Crippen LogP contribution in [0.2, 0.25) is 5.15 Å². The van der Waals surface area contributed by atoms with Crippen molar-refractivity contribution in [2.24, 2.45) is 5.92 Å². The summed E-state index contributed by atoms with van der Waals surface area (Å²) in [7, 11) is 0. The first-order valence-electron chi connectivity index (χ1n) is 8.52. The number of aromatic nitrogens is 3. The predicted molar refractivity (Wildman–Crippen MR) is 102 cm³/mol. The number of piperidine rings is 1. The molecule has 0 bridgehead atoms. The van der Waals surface area contributed by atoms with Gasteiger partial charge in [0.2, 0.25) is 5.88 Å². The van der Waals surface area contributed by atoms with Gasteiger partial charge in [0.25, 0.3) is 0 Å². The van der Waals surface area contributed by atoms with Crippen LogP contribution in [0.15, 0.2) is 17.1 Å². The quantitative estimate of drug-likeness (QED) is 0.709. The van der Waals surface area contributed by atoms with Crippen molar-refractivity contribution in [1.82, 2.24) is 19.3 Å². The SMILES string of the molecule is CC(C)(C)OC(=O)N1CCC[C@@H](COc2nc(Cl)c(Br)n3cncc23)C1. The van der Waals surface area contributed by atoms with Crippen molar-refractivity contribution in [1.29, 1.82) is 0 Å². The number of likely N-dealkylation sites (tertiary alicyclic amines) is 1. The summed E-state index contributed by atoms with van der Waals surface area (Å²) in [6, 6.07) is 0. The molecule has 142 valence electrons. The Morgan fingerprint density at radius 2 is 2.23 bits per heavy atom. The summed E-state index contributed by atoms with van der Waals surface area (Å²) in [5.41, 5.74) is 0.243. The highest BCUT2D eigenvalue weighted by Crippen LogP contribution is 2.28. The molecular weight excluding hydrogens is 424 g/mol. The summed E-state index contributed by atoms with van der Waals surface area (Å²) in [6.07, 6.45) is 4.95. The number of nitrogens with zero attached hydrogens (tertiary/aromatic N) is 4. The van der Waals surface area contributed by atoms with Gasteiger partial charge < -0.3 is 14.4 Å². The summed E-state index contributed by atoms with van der Waals surface area (Å²) < 4.78 is 13.8. The second kappa shape index (κ2) is 7.60. The van der Waals surface area contributed by atoms with Crippen LogP contribution < -0.4 is 4.74 Å². The van der Waals surface area contributed by atoms with Gasteiger partial charge in [0.05, 0.1) is 12.8 Å². The van der Waals surface area contributed by atoms with Crippen LogP contribution in [0.5, 0.6) is 5.88 Å². The van der Waals surface area contributed by atoms with E-state index in [0.717, 1.165) is 18.4 Å². The van der Waals surface area contributed by atoms with E-state index in [-0.39, 0.29) is 12.0 Å². The second-order valence-electron chi connectivity index (χ2n) is 7.39. The number of hydrogen-bond acceptors (Lipinski definition) is 5. The second-order valence-corrected chi connectivity index (χ2v) is 8.50. The number of carbonyl (C=O) groups excluding carboxylic acids is 1. The molecule has 1 amide bonds. The van der Waals surface area contributed by atoms with E-state index in [2.05, 4.69) is 25.9 Å². The van der Waals surface area contributed by atoms with E-state index in [9.17, 15) is 4.79 Å². The highest BCUT2D eigenvalue weighted by atomic mass is 79.9. The minimum Gasteiger partial charge on any atom is -0.476 e. The lowest BCUT2D eigenvalue weighted by molar-refractivity contribution is 0.0138. The average Bonchev–Trinajstić information content (AvgIpc) is 3.06. The van der Waals surface area contributed by atoms with Crippen molar-refractivity contribution < 1.29 is 14.3 Å². The zero-order valence-corrected chi connectivity index (χ0v) is 17.4. The molecule has 9 heteroatoms. The van der Waals surface area contributed by atoms with E-state index in [0.29, 0.717) is 35.3 Å². The van der Waals surface area contributed by atoms with E-state index < -0.39 is 5.60 Å². The molecule has 1 aliphatic heterocycles. The maximum absolute atomic E-state index is 12.3. The topological polar surface area (TPSA) is 69.0 Å². The zero-order valence-electron chi connectivity index (χ0n) is 15.0. The lowest BCUT2D eigenvalue weighted by Crippen LogP contribution is -2.44. The van der Waals surface area contributed by atoms with Crippen LogP contribution in [-0.4, -0.2) is 50.7 Å². The van der Waals surface area contributed by atoms with Crippen LogP contribution in [0.25, 0.3) is 5.52 Å². The standard InChI is InChI=1S/C17H22BrClN4O3/c1-17(2,3)26-16(24)22-6-4-5-11(8-22)9-25-15-12-7-20-10-23(12)13(18)14(19)21-15/h7,10-11H,4-6,8-9H2,1-3H3/t11-/m1/s1. The lowest BCUT2D eigenvalue weighted by atomic mass is 9.99. The molecule has 0 spiro atoms. The molecule has 7 nitrogen and oxygen atoms in total. The van der Waals surface area contributed by atoms with Crippen LogP contribution >= 0.6 is 27.5 Å². The third-order valence-electron chi connectivity index (χ3n) is 4.07. The number of carbonyl (C=O) groups is 1. The fourth-order valence-corrected chi connectivity index (χ4v) is 3.44. The normalized spacial score (nSPS) is 18.2. The molecule has 0 aliphatic carbocycles. The van der Waals surface area contributed by atoms with Crippen LogP contribution in [-0.2, 0) is 4.74 Å². The molecule has 3 heterocycles. The minimum atomic E-state index is -0.494. The smallest absolute Gasteiger partial charge is 0.410 e. The molecule has 0 aromatic carbocycles. The van der Waals surface area contributed by atoms with Gasteiger partial charge in [-0.3, -0.25) is 4.40 Å². The molecule has 1 fully saturated rings. The lowest BCUT2D eigenvalue weighted by Gasteiger charge is -2.33. The van der Waals surface area contributed by atoms with Gasteiger partial charge in [0.1, 0.15) is 22.0 Å². The maximum Gasteiger partial charge on any atom is 0.410 e. The van der Waals surface area contributed by atoms with Gasteiger partial charge in [0, 0.05) is 19.0 Å². The van der Waals surface area contributed by atoms with E-state index >= 15 is 0 Å². The van der Waals surface area contributed by atoms with E-state index in [4.69, 9.17) is 21.1 Å². The van der Waals surface area contributed by atoms with E-state index in [1.165, 1.54) is 0 Å². The first-order valence-corrected chi connectivity index (χ1v) is 9.69. The first-order chi connectivity index (χ1) is 12.2. The summed E-state index contributed by atoms with van der Waals surface area (Å²) in [4.78, 5) is 22.4. The highest BCUT2D eigenvalue weighted by Gasteiger charge is 2.28. The molecule has 0 unspecified atom stereocenters. The number of amides is 1. The largest absolute Gasteiger partial charge is 0.476 e. The van der Waals surface area contributed by atoms with Crippen molar-refractivity contribution >= 4 is 39.1 Å². The monoisotopic (exact) mass is 444 g/mol. The van der Waals surface area contributed by atoms with Crippen molar-refractivity contribution in [3.8, 4) is 5.88 Å². The molecule has 0 saturated carbocycles. The van der Waals surface area contributed by atoms with Gasteiger partial charge in [-0.15, -0.1) is 0 Å². The van der Waals surface area contributed by atoms with E-state index in [1.807, 2.05) is 20.8 Å². The number of fused-ring (bicyclic) bond motifs is 1.